The van der Waals surface area contributed by atoms with Crippen molar-refractivity contribution in [2.75, 3.05) is 66.7 Å². The first-order valence-electron chi connectivity index (χ1n) is 12.6. The van der Waals surface area contributed by atoms with E-state index in [0.717, 1.165) is 32.6 Å². The molecule has 0 spiro atoms. The number of methoxy groups -OCH3 is 2. The number of likely N-dealkylation sites (tertiary alicyclic amines) is 1. The average molecular weight is 462 g/mol. The summed E-state index contributed by atoms with van der Waals surface area (Å²) < 4.78 is 16.4. The van der Waals surface area contributed by atoms with Gasteiger partial charge >= 0.3 is 0 Å². The zero-order valence-electron chi connectivity index (χ0n) is 21.0. The van der Waals surface area contributed by atoms with Gasteiger partial charge in [-0.25, -0.2) is 0 Å². The Labute approximate surface area is 199 Å². The highest BCUT2D eigenvalue weighted by Gasteiger charge is 2.33. The lowest BCUT2D eigenvalue weighted by atomic mass is 9.93. The van der Waals surface area contributed by atoms with Gasteiger partial charge in [-0.3, -0.25) is 4.79 Å². The summed E-state index contributed by atoms with van der Waals surface area (Å²) in [5.74, 6) is 2.36. The molecule has 0 bridgehead atoms. The number of carbonyl (C=O) groups is 1. The third kappa shape index (κ3) is 7.33. The third-order valence-corrected chi connectivity index (χ3v) is 6.90. The standard InChI is InChI=1S/C26H43N3O4/c1-20(2)29(19-23-17-27-16-22(23)18-28-11-6-5-7-12-28)26(30)21-9-10-24(32-4)25(15-21)33-14-8-13-31-3/h9-10,15,20,22-23,27H,5-8,11-14,16-19H2,1-4H3/t22-,23?/m0/s1. The molecule has 33 heavy (non-hydrogen) atoms. The first-order chi connectivity index (χ1) is 16.0. The van der Waals surface area contributed by atoms with E-state index in [2.05, 4.69) is 24.1 Å². The zero-order chi connectivity index (χ0) is 23.6. The maximum Gasteiger partial charge on any atom is 0.254 e. The van der Waals surface area contributed by atoms with Gasteiger partial charge < -0.3 is 29.3 Å². The fourth-order valence-electron chi connectivity index (χ4n) is 4.94. The van der Waals surface area contributed by atoms with Crippen LogP contribution >= 0.6 is 0 Å². The van der Waals surface area contributed by atoms with Crippen LogP contribution in [0.25, 0.3) is 0 Å². The summed E-state index contributed by atoms with van der Waals surface area (Å²) >= 11 is 0. The number of benzene rings is 1. The fraction of sp³-hybridized carbons (Fsp3) is 0.731. The predicted octanol–water partition coefficient (Wildman–Crippen LogP) is 3.28. The van der Waals surface area contributed by atoms with Gasteiger partial charge in [-0.15, -0.1) is 0 Å². The van der Waals surface area contributed by atoms with Crippen LogP contribution in [0.1, 0.15) is 49.9 Å². The first-order valence-corrected chi connectivity index (χ1v) is 12.6. The summed E-state index contributed by atoms with van der Waals surface area (Å²) in [4.78, 5) is 18.2. The van der Waals surface area contributed by atoms with E-state index in [4.69, 9.17) is 14.2 Å². The minimum atomic E-state index is 0.0537. The number of nitrogens with zero attached hydrogens (tertiary/aromatic N) is 2. The van der Waals surface area contributed by atoms with Crippen LogP contribution in [0, 0.1) is 11.8 Å². The number of piperidine rings is 1. The smallest absolute Gasteiger partial charge is 0.254 e. The molecular weight excluding hydrogens is 418 g/mol. The maximum absolute atomic E-state index is 13.6. The van der Waals surface area contributed by atoms with Gasteiger partial charge in [0, 0.05) is 51.4 Å². The van der Waals surface area contributed by atoms with Crippen LogP contribution in [0.2, 0.25) is 0 Å². The zero-order valence-corrected chi connectivity index (χ0v) is 21.0. The largest absolute Gasteiger partial charge is 0.493 e. The van der Waals surface area contributed by atoms with Gasteiger partial charge in [-0.2, -0.15) is 0 Å². The second-order valence-electron chi connectivity index (χ2n) is 9.65. The second kappa shape index (κ2) is 13.2. The third-order valence-electron chi connectivity index (χ3n) is 6.90. The second-order valence-corrected chi connectivity index (χ2v) is 9.65. The molecule has 0 radical (unpaired) electrons. The summed E-state index contributed by atoms with van der Waals surface area (Å²) in [6.45, 7) is 11.7. The van der Waals surface area contributed by atoms with E-state index in [0.29, 0.717) is 42.1 Å². The van der Waals surface area contributed by atoms with Crippen LogP contribution in [0.4, 0.5) is 0 Å². The molecule has 2 atom stereocenters. The Hall–Kier alpha value is -1.83. The molecule has 2 heterocycles. The topological polar surface area (TPSA) is 63.3 Å². The molecular formula is C26H43N3O4. The van der Waals surface area contributed by atoms with E-state index >= 15 is 0 Å². The molecule has 1 N–H and O–H groups in total. The van der Waals surface area contributed by atoms with Crippen LogP contribution in [0.3, 0.4) is 0 Å². The van der Waals surface area contributed by atoms with Crippen molar-refractivity contribution < 1.29 is 19.0 Å². The highest BCUT2D eigenvalue weighted by atomic mass is 16.5. The van der Waals surface area contributed by atoms with Gasteiger partial charge in [0.2, 0.25) is 0 Å². The molecule has 0 aromatic heterocycles. The molecule has 7 heteroatoms. The molecule has 0 saturated carbocycles. The number of amides is 1. The van der Waals surface area contributed by atoms with E-state index in [1.165, 1.54) is 32.4 Å². The molecule has 2 saturated heterocycles. The Morgan fingerprint density at radius 2 is 1.85 bits per heavy atom. The van der Waals surface area contributed by atoms with Crippen molar-refractivity contribution >= 4 is 5.91 Å². The Balaban J connectivity index is 1.67. The number of hydrogen-bond donors (Lipinski definition) is 1. The van der Waals surface area contributed by atoms with Crippen molar-refractivity contribution in [2.45, 2.75) is 45.6 Å². The summed E-state index contributed by atoms with van der Waals surface area (Å²) in [6.07, 6.45) is 4.77. The maximum atomic E-state index is 13.6. The van der Waals surface area contributed by atoms with Crippen LogP contribution in [0.15, 0.2) is 18.2 Å². The molecule has 0 aliphatic carbocycles. The lowest BCUT2D eigenvalue weighted by Gasteiger charge is -2.34. The highest BCUT2D eigenvalue weighted by Crippen LogP contribution is 2.30. The van der Waals surface area contributed by atoms with Crippen LogP contribution in [-0.4, -0.2) is 88.5 Å². The van der Waals surface area contributed by atoms with E-state index in [-0.39, 0.29) is 11.9 Å². The Kier molecular flexibility index (Phi) is 10.3. The van der Waals surface area contributed by atoms with E-state index in [9.17, 15) is 4.79 Å². The van der Waals surface area contributed by atoms with Gasteiger partial charge in [-0.05, 0) is 76.4 Å². The lowest BCUT2D eigenvalue weighted by molar-refractivity contribution is 0.0648. The van der Waals surface area contributed by atoms with Gasteiger partial charge in [-0.1, -0.05) is 6.42 Å². The predicted molar refractivity (Wildman–Crippen MR) is 131 cm³/mol. The number of rotatable bonds is 12. The summed E-state index contributed by atoms with van der Waals surface area (Å²) in [7, 11) is 3.30. The van der Waals surface area contributed by atoms with Gasteiger partial charge in [0.25, 0.3) is 5.91 Å². The van der Waals surface area contributed by atoms with Crippen LogP contribution in [0.5, 0.6) is 11.5 Å². The average Bonchev–Trinajstić information content (AvgIpc) is 3.26. The Morgan fingerprint density at radius 3 is 2.55 bits per heavy atom. The van der Waals surface area contributed by atoms with E-state index in [1.54, 1.807) is 14.2 Å². The summed E-state index contributed by atoms with van der Waals surface area (Å²) in [5.41, 5.74) is 0.643. The van der Waals surface area contributed by atoms with Crippen molar-refractivity contribution in [3.8, 4) is 11.5 Å². The molecule has 1 unspecified atom stereocenters. The van der Waals surface area contributed by atoms with E-state index < -0.39 is 0 Å². The quantitative estimate of drug-likeness (QED) is 0.482. The number of nitrogens with one attached hydrogen (secondary N) is 1. The number of carbonyl (C=O) groups excluding carboxylic acids is 1. The minimum Gasteiger partial charge on any atom is -0.493 e. The Bertz CT molecular complexity index is 736. The van der Waals surface area contributed by atoms with Crippen molar-refractivity contribution in [2.24, 2.45) is 11.8 Å². The minimum absolute atomic E-state index is 0.0537. The molecule has 1 amide bonds. The van der Waals surface area contributed by atoms with Crippen molar-refractivity contribution in [1.29, 1.82) is 0 Å². The number of hydrogen-bond acceptors (Lipinski definition) is 6. The number of ether oxygens (including phenoxy) is 3. The van der Waals surface area contributed by atoms with Crippen LogP contribution < -0.4 is 14.8 Å². The summed E-state index contributed by atoms with van der Waals surface area (Å²) in [5, 5.41) is 3.58. The highest BCUT2D eigenvalue weighted by molar-refractivity contribution is 5.95. The molecule has 186 valence electrons. The molecule has 1 aromatic carbocycles. The Morgan fingerprint density at radius 1 is 1.09 bits per heavy atom. The molecule has 1 aromatic rings. The molecule has 7 nitrogen and oxygen atoms in total. The monoisotopic (exact) mass is 461 g/mol. The molecule has 2 aliphatic heterocycles. The van der Waals surface area contributed by atoms with E-state index in [1.807, 2.05) is 23.1 Å². The molecule has 2 aliphatic rings. The van der Waals surface area contributed by atoms with Gasteiger partial charge in [0.1, 0.15) is 0 Å². The van der Waals surface area contributed by atoms with Gasteiger partial charge in [0.15, 0.2) is 11.5 Å². The normalized spacial score (nSPS) is 21.4. The molecule has 2 fully saturated rings. The fourth-order valence-corrected chi connectivity index (χ4v) is 4.94. The molecule has 3 rings (SSSR count). The SMILES string of the molecule is COCCCOc1cc(C(=O)N(CC2CNC[C@H]2CN2CCCCC2)C(C)C)ccc1OC. The van der Waals surface area contributed by atoms with Crippen LogP contribution in [-0.2, 0) is 4.74 Å². The lowest BCUT2D eigenvalue weighted by Crippen LogP contribution is -2.44. The van der Waals surface area contributed by atoms with Crippen molar-refractivity contribution in [3.05, 3.63) is 23.8 Å². The summed E-state index contributed by atoms with van der Waals surface area (Å²) in [6, 6.07) is 5.62. The van der Waals surface area contributed by atoms with Gasteiger partial charge in [0.05, 0.1) is 13.7 Å². The van der Waals surface area contributed by atoms with Crippen molar-refractivity contribution in [3.63, 3.8) is 0 Å². The first kappa shape index (κ1) is 25.8. The van der Waals surface area contributed by atoms with Crippen molar-refractivity contribution in [1.82, 2.24) is 15.1 Å².